The molecule has 6 rings (SSSR count). The Hall–Kier alpha value is -3.42. The number of piperazine rings is 1. The van der Waals surface area contributed by atoms with E-state index >= 15 is 0 Å². The van der Waals surface area contributed by atoms with Gasteiger partial charge in [-0.3, -0.25) is 5.10 Å². The normalized spacial score (nSPS) is 15.0. The van der Waals surface area contributed by atoms with Crippen LogP contribution in [0.2, 0.25) is 0 Å². The Morgan fingerprint density at radius 2 is 1.69 bits per heavy atom. The Bertz CT molecular complexity index is 1360. The number of thiophene rings is 1. The van der Waals surface area contributed by atoms with Crippen molar-refractivity contribution in [3.8, 4) is 11.3 Å². The molecular formula is C25H24N6S. The van der Waals surface area contributed by atoms with E-state index in [-0.39, 0.29) is 0 Å². The average Bonchev–Trinajstić information content (AvgIpc) is 3.40. The summed E-state index contributed by atoms with van der Waals surface area (Å²) in [5.41, 5.74) is 5.26. The molecule has 1 aliphatic heterocycles. The van der Waals surface area contributed by atoms with Crippen LogP contribution in [0.1, 0.15) is 0 Å². The summed E-state index contributed by atoms with van der Waals surface area (Å²) in [6.07, 6.45) is 1.91. The fourth-order valence-electron chi connectivity index (χ4n) is 4.24. The minimum absolute atomic E-state index is 0.988. The number of hydrogen-bond acceptors (Lipinski definition) is 6. The predicted molar refractivity (Wildman–Crippen MR) is 134 cm³/mol. The van der Waals surface area contributed by atoms with Crippen LogP contribution in [0.15, 0.2) is 66.9 Å². The molecule has 0 aliphatic carbocycles. The molecule has 4 heterocycles. The maximum atomic E-state index is 4.67. The molecule has 0 radical (unpaired) electrons. The Balaban J connectivity index is 1.19. The van der Waals surface area contributed by atoms with Gasteiger partial charge in [-0.15, -0.1) is 11.3 Å². The quantitative estimate of drug-likeness (QED) is 0.395. The summed E-state index contributed by atoms with van der Waals surface area (Å²) in [4.78, 5) is 9.37. The maximum absolute atomic E-state index is 4.67. The van der Waals surface area contributed by atoms with Gasteiger partial charge >= 0.3 is 0 Å². The standard InChI is InChI=1S/C25H24N6S/c1-30-12-14-31(15-13-30)22-11-10-19(16-26-22)27-18-8-6-17(7-9-18)23-25-24(29-28-23)20-4-2-3-5-21(20)32-25/h2-11,16,27H,12-15H2,1H3,(H,28,29). The minimum Gasteiger partial charge on any atom is -0.354 e. The summed E-state index contributed by atoms with van der Waals surface area (Å²) < 4.78 is 2.49. The van der Waals surface area contributed by atoms with E-state index in [9.17, 15) is 0 Å². The summed E-state index contributed by atoms with van der Waals surface area (Å²) in [5, 5.41) is 12.5. The van der Waals surface area contributed by atoms with E-state index in [2.05, 4.69) is 98.0 Å². The van der Waals surface area contributed by atoms with E-state index < -0.39 is 0 Å². The zero-order chi connectivity index (χ0) is 21.5. The first-order valence-corrected chi connectivity index (χ1v) is 11.7. The zero-order valence-electron chi connectivity index (χ0n) is 17.9. The molecule has 32 heavy (non-hydrogen) atoms. The van der Waals surface area contributed by atoms with E-state index in [1.807, 2.05) is 6.20 Å². The molecule has 0 bridgehead atoms. The molecule has 7 heteroatoms. The van der Waals surface area contributed by atoms with Crippen LogP contribution in [0.3, 0.4) is 0 Å². The number of rotatable bonds is 4. The lowest BCUT2D eigenvalue weighted by molar-refractivity contribution is 0.312. The highest BCUT2D eigenvalue weighted by Gasteiger charge is 2.15. The molecule has 0 amide bonds. The van der Waals surface area contributed by atoms with Crippen molar-refractivity contribution < 1.29 is 0 Å². The van der Waals surface area contributed by atoms with Crippen molar-refractivity contribution in [3.05, 3.63) is 66.9 Å². The average molecular weight is 441 g/mol. The number of benzene rings is 2. The van der Waals surface area contributed by atoms with Gasteiger partial charge in [0, 0.05) is 47.5 Å². The van der Waals surface area contributed by atoms with Gasteiger partial charge in [0.05, 0.1) is 22.1 Å². The number of aromatic nitrogens is 3. The number of likely N-dealkylation sites (N-methyl/N-ethyl adjacent to an activating group) is 1. The highest BCUT2D eigenvalue weighted by Crippen LogP contribution is 2.38. The smallest absolute Gasteiger partial charge is 0.128 e. The number of anilines is 3. The van der Waals surface area contributed by atoms with Crippen LogP contribution in [0.4, 0.5) is 17.2 Å². The fourth-order valence-corrected chi connectivity index (χ4v) is 5.41. The second-order valence-electron chi connectivity index (χ2n) is 8.27. The SMILES string of the molecule is CN1CCN(c2ccc(Nc3ccc(-c4n[nH]c5c4sc4ccccc45)cc3)cn2)CC1. The maximum Gasteiger partial charge on any atom is 0.128 e. The third-order valence-electron chi connectivity index (χ3n) is 6.11. The van der Waals surface area contributed by atoms with Gasteiger partial charge in [0.25, 0.3) is 0 Å². The lowest BCUT2D eigenvalue weighted by atomic mass is 10.1. The monoisotopic (exact) mass is 440 g/mol. The van der Waals surface area contributed by atoms with Gasteiger partial charge in [-0.05, 0) is 37.4 Å². The lowest BCUT2D eigenvalue weighted by Gasteiger charge is -2.33. The van der Waals surface area contributed by atoms with Gasteiger partial charge in [0.1, 0.15) is 11.5 Å². The van der Waals surface area contributed by atoms with E-state index in [4.69, 9.17) is 0 Å². The van der Waals surface area contributed by atoms with E-state index in [1.165, 1.54) is 14.8 Å². The largest absolute Gasteiger partial charge is 0.354 e. The first-order valence-electron chi connectivity index (χ1n) is 10.9. The van der Waals surface area contributed by atoms with Gasteiger partial charge in [0.15, 0.2) is 0 Å². The van der Waals surface area contributed by atoms with Crippen molar-refractivity contribution in [2.75, 3.05) is 43.4 Å². The molecule has 2 N–H and O–H groups in total. The molecule has 6 nitrogen and oxygen atoms in total. The summed E-state index contributed by atoms with van der Waals surface area (Å²) in [6, 6.07) is 21.1. The molecule has 0 unspecified atom stereocenters. The number of aromatic amines is 1. The van der Waals surface area contributed by atoms with Crippen LogP contribution in [0, 0.1) is 0 Å². The summed E-state index contributed by atoms with van der Waals surface area (Å²) in [5.74, 6) is 1.05. The number of pyridine rings is 1. The molecule has 1 fully saturated rings. The molecule has 2 aromatic carbocycles. The summed E-state index contributed by atoms with van der Waals surface area (Å²) in [7, 11) is 2.17. The molecule has 1 saturated heterocycles. The summed E-state index contributed by atoms with van der Waals surface area (Å²) in [6.45, 7) is 4.21. The first-order chi connectivity index (χ1) is 15.7. The second kappa shape index (κ2) is 7.93. The molecular weight excluding hydrogens is 416 g/mol. The third-order valence-corrected chi connectivity index (χ3v) is 7.29. The van der Waals surface area contributed by atoms with E-state index in [1.54, 1.807) is 11.3 Å². The van der Waals surface area contributed by atoms with Crippen molar-refractivity contribution in [2.45, 2.75) is 0 Å². The van der Waals surface area contributed by atoms with Gasteiger partial charge in [-0.1, -0.05) is 30.3 Å². The molecule has 5 aromatic rings. The second-order valence-corrected chi connectivity index (χ2v) is 9.32. The number of nitrogens with zero attached hydrogens (tertiary/aromatic N) is 4. The molecule has 3 aromatic heterocycles. The molecule has 0 spiro atoms. The van der Waals surface area contributed by atoms with Crippen LogP contribution in [0.5, 0.6) is 0 Å². The van der Waals surface area contributed by atoms with E-state index in [0.717, 1.165) is 60.1 Å². The fraction of sp³-hybridized carbons (Fsp3) is 0.200. The zero-order valence-corrected chi connectivity index (χ0v) is 18.7. The van der Waals surface area contributed by atoms with Gasteiger partial charge in [-0.2, -0.15) is 5.10 Å². The van der Waals surface area contributed by atoms with Gasteiger partial charge in [0.2, 0.25) is 0 Å². The third kappa shape index (κ3) is 3.49. The van der Waals surface area contributed by atoms with Crippen molar-refractivity contribution in [2.24, 2.45) is 0 Å². The van der Waals surface area contributed by atoms with Crippen LogP contribution in [-0.2, 0) is 0 Å². The molecule has 1 aliphatic rings. The van der Waals surface area contributed by atoms with Crippen molar-refractivity contribution in [3.63, 3.8) is 0 Å². The Morgan fingerprint density at radius 1 is 0.906 bits per heavy atom. The highest BCUT2D eigenvalue weighted by molar-refractivity contribution is 7.26. The molecule has 0 saturated carbocycles. The Kier molecular flexibility index (Phi) is 4.78. The number of nitrogens with one attached hydrogen (secondary N) is 2. The van der Waals surface area contributed by atoms with Crippen molar-refractivity contribution in [1.82, 2.24) is 20.1 Å². The summed E-state index contributed by atoms with van der Waals surface area (Å²) >= 11 is 1.79. The number of hydrogen-bond donors (Lipinski definition) is 2. The lowest BCUT2D eigenvalue weighted by Crippen LogP contribution is -2.44. The van der Waals surface area contributed by atoms with Crippen molar-refractivity contribution >= 4 is 48.8 Å². The first kappa shape index (κ1) is 19.3. The van der Waals surface area contributed by atoms with Crippen LogP contribution in [-0.4, -0.2) is 53.3 Å². The van der Waals surface area contributed by atoms with Crippen LogP contribution < -0.4 is 10.2 Å². The number of H-pyrrole nitrogens is 1. The highest BCUT2D eigenvalue weighted by atomic mass is 32.1. The van der Waals surface area contributed by atoms with Gasteiger partial charge < -0.3 is 15.1 Å². The Morgan fingerprint density at radius 3 is 2.47 bits per heavy atom. The van der Waals surface area contributed by atoms with Crippen molar-refractivity contribution in [1.29, 1.82) is 0 Å². The topological polar surface area (TPSA) is 60.1 Å². The van der Waals surface area contributed by atoms with Crippen LogP contribution >= 0.6 is 11.3 Å². The van der Waals surface area contributed by atoms with Crippen LogP contribution in [0.25, 0.3) is 31.6 Å². The minimum atomic E-state index is 0.988. The molecule has 160 valence electrons. The molecule has 0 atom stereocenters. The van der Waals surface area contributed by atoms with E-state index in [0.29, 0.717) is 0 Å². The predicted octanol–water partition coefficient (Wildman–Crippen LogP) is 5.34. The number of fused-ring (bicyclic) bond motifs is 3. The van der Waals surface area contributed by atoms with Gasteiger partial charge in [-0.25, -0.2) is 4.98 Å². The Labute approximate surface area is 190 Å².